The zero-order chi connectivity index (χ0) is 12.5. The van der Waals surface area contributed by atoms with Crippen molar-refractivity contribution < 1.29 is 4.74 Å². The minimum Gasteiger partial charge on any atom is -0.492 e. The number of unbranched alkanes of at least 4 members (excludes halogenated alkanes) is 1. The van der Waals surface area contributed by atoms with E-state index in [2.05, 4.69) is 24.1 Å². The fourth-order valence-electron chi connectivity index (χ4n) is 1.47. The number of aromatic nitrogens is 1. The summed E-state index contributed by atoms with van der Waals surface area (Å²) in [5.74, 6) is 1.59. The average molecular weight is 236 g/mol. The maximum Gasteiger partial charge on any atom is 0.137 e. The SMILES string of the molecule is Cc1ccc(OCCCCNCC(C)C)cn1. The minimum atomic E-state index is 0.727. The number of pyridine rings is 1. The highest BCUT2D eigenvalue weighted by molar-refractivity contribution is 5.18. The van der Waals surface area contributed by atoms with Gasteiger partial charge >= 0.3 is 0 Å². The minimum absolute atomic E-state index is 0.727. The molecule has 0 aliphatic rings. The summed E-state index contributed by atoms with van der Waals surface area (Å²) in [6, 6.07) is 3.94. The van der Waals surface area contributed by atoms with Gasteiger partial charge in [-0.05, 0) is 50.9 Å². The molecule has 0 saturated carbocycles. The molecule has 1 N–H and O–H groups in total. The second-order valence-electron chi connectivity index (χ2n) is 4.79. The van der Waals surface area contributed by atoms with E-state index in [-0.39, 0.29) is 0 Å². The van der Waals surface area contributed by atoms with Crippen LogP contribution >= 0.6 is 0 Å². The Morgan fingerprint density at radius 3 is 2.76 bits per heavy atom. The molecule has 3 heteroatoms. The van der Waals surface area contributed by atoms with Crippen LogP contribution in [0.3, 0.4) is 0 Å². The molecule has 1 rings (SSSR count). The van der Waals surface area contributed by atoms with E-state index in [4.69, 9.17) is 4.74 Å². The molecular weight excluding hydrogens is 212 g/mol. The monoisotopic (exact) mass is 236 g/mol. The second-order valence-corrected chi connectivity index (χ2v) is 4.79. The number of rotatable bonds is 8. The molecule has 0 atom stereocenters. The van der Waals surface area contributed by atoms with Gasteiger partial charge in [-0.15, -0.1) is 0 Å². The molecule has 0 bridgehead atoms. The zero-order valence-corrected chi connectivity index (χ0v) is 11.2. The fourth-order valence-corrected chi connectivity index (χ4v) is 1.47. The molecule has 96 valence electrons. The molecule has 0 aromatic carbocycles. The predicted octanol–water partition coefficient (Wildman–Crippen LogP) is 2.79. The third kappa shape index (κ3) is 6.95. The van der Waals surface area contributed by atoms with E-state index < -0.39 is 0 Å². The summed E-state index contributed by atoms with van der Waals surface area (Å²) >= 11 is 0. The summed E-state index contributed by atoms with van der Waals surface area (Å²) in [7, 11) is 0. The van der Waals surface area contributed by atoms with Crippen LogP contribution in [0.25, 0.3) is 0 Å². The van der Waals surface area contributed by atoms with Gasteiger partial charge in [0.1, 0.15) is 5.75 Å². The standard InChI is InChI=1S/C14H24N2O/c1-12(2)10-15-8-4-5-9-17-14-7-6-13(3)16-11-14/h6-7,11-12,15H,4-5,8-10H2,1-3H3. The van der Waals surface area contributed by atoms with Crippen molar-refractivity contribution in [2.24, 2.45) is 5.92 Å². The van der Waals surface area contributed by atoms with Crippen LogP contribution < -0.4 is 10.1 Å². The Bertz CT molecular complexity index is 296. The fraction of sp³-hybridized carbons (Fsp3) is 0.643. The lowest BCUT2D eigenvalue weighted by atomic mass is 10.2. The van der Waals surface area contributed by atoms with Gasteiger partial charge in [-0.1, -0.05) is 13.8 Å². The Balaban J connectivity index is 1.99. The smallest absolute Gasteiger partial charge is 0.137 e. The highest BCUT2D eigenvalue weighted by Gasteiger charge is 1.95. The largest absolute Gasteiger partial charge is 0.492 e. The zero-order valence-electron chi connectivity index (χ0n) is 11.2. The third-order valence-electron chi connectivity index (χ3n) is 2.45. The van der Waals surface area contributed by atoms with Crippen LogP contribution in [0, 0.1) is 12.8 Å². The van der Waals surface area contributed by atoms with Crippen LogP contribution in [0.15, 0.2) is 18.3 Å². The molecule has 0 fully saturated rings. The second kappa shape index (κ2) is 8.07. The van der Waals surface area contributed by atoms with Crippen molar-refractivity contribution in [1.29, 1.82) is 0 Å². The molecule has 1 heterocycles. The molecule has 0 spiro atoms. The first kappa shape index (κ1) is 14.0. The van der Waals surface area contributed by atoms with Crippen LogP contribution in [0.4, 0.5) is 0 Å². The quantitative estimate of drug-likeness (QED) is 0.705. The Morgan fingerprint density at radius 1 is 1.29 bits per heavy atom. The van der Waals surface area contributed by atoms with E-state index in [9.17, 15) is 0 Å². The highest BCUT2D eigenvalue weighted by atomic mass is 16.5. The lowest BCUT2D eigenvalue weighted by Gasteiger charge is -2.08. The Kier molecular flexibility index (Phi) is 6.63. The summed E-state index contributed by atoms with van der Waals surface area (Å²) in [5.41, 5.74) is 1.02. The van der Waals surface area contributed by atoms with Crippen LogP contribution in [0.2, 0.25) is 0 Å². The molecular formula is C14H24N2O. The summed E-state index contributed by atoms with van der Waals surface area (Å²) < 4.78 is 5.60. The van der Waals surface area contributed by atoms with Crippen molar-refractivity contribution in [3.8, 4) is 5.75 Å². The van der Waals surface area contributed by atoms with Gasteiger partial charge < -0.3 is 10.1 Å². The van der Waals surface area contributed by atoms with Gasteiger partial charge in [-0.3, -0.25) is 4.98 Å². The van der Waals surface area contributed by atoms with Crippen molar-refractivity contribution in [2.45, 2.75) is 33.6 Å². The first-order valence-corrected chi connectivity index (χ1v) is 6.44. The van der Waals surface area contributed by atoms with Gasteiger partial charge in [-0.2, -0.15) is 0 Å². The van der Waals surface area contributed by atoms with E-state index in [1.54, 1.807) is 6.20 Å². The van der Waals surface area contributed by atoms with Gasteiger partial charge in [0.2, 0.25) is 0 Å². The van der Waals surface area contributed by atoms with Crippen LogP contribution in [0.5, 0.6) is 5.75 Å². The lowest BCUT2D eigenvalue weighted by Crippen LogP contribution is -2.21. The molecule has 0 amide bonds. The number of hydrogen-bond acceptors (Lipinski definition) is 3. The Morgan fingerprint density at radius 2 is 2.12 bits per heavy atom. The topological polar surface area (TPSA) is 34.1 Å². The summed E-state index contributed by atoms with van der Waals surface area (Å²) in [5, 5.41) is 3.42. The molecule has 3 nitrogen and oxygen atoms in total. The molecule has 0 radical (unpaired) electrons. The molecule has 0 aliphatic carbocycles. The maximum atomic E-state index is 5.60. The van der Waals surface area contributed by atoms with Crippen molar-refractivity contribution >= 4 is 0 Å². The van der Waals surface area contributed by atoms with Crippen molar-refractivity contribution in [2.75, 3.05) is 19.7 Å². The Hall–Kier alpha value is -1.09. The van der Waals surface area contributed by atoms with Crippen LogP contribution in [-0.2, 0) is 0 Å². The summed E-state index contributed by atoms with van der Waals surface area (Å²) in [4.78, 5) is 4.19. The first-order valence-electron chi connectivity index (χ1n) is 6.44. The first-order chi connectivity index (χ1) is 8.18. The lowest BCUT2D eigenvalue weighted by molar-refractivity contribution is 0.304. The van der Waals surface area contributed by atoms with E-state index in [1.165, 1.54) is 0 Å². The number of nitrogens with zero attached hydrogens (tertiary/aromatic N) is 1. The van der Waals surface area contributed by atoms with Crippen LogP contribution in [0.1, 0.15) is 32.4 Å². The molecule has 1 aromatic heterocycles. The van der Waals surface area contributed by atoms with Gasteiger partial charge in [0.05, 0.1) is 12.8 Å². The highest BCUT2D eigenvalue weighted by Crippen LogP contribution is 2.08. The van der Waals surface area contributed by atoms with E-state index in [0.717, 1.165) is 49.9 Å². The van der Waals surface area contributed by atoms with E-state index in [0.29, 0.717) is 0 Å². The summed E-state index contributed by atoms with van der Waals surface area (Å²) in [6.45, 7) is 9.37. The molecule has 0 unspecified atom stereocenters. The van der Waals surface area contributed by atoms with Crippen LogP contribution in [-0.4, -0.2) is 24.7 Å². The molecule has 17 heavy (non-hydrogen) atoms. The van der Waals surface area contributed by atoms with Crippen molar-refractivity contribution in [1.82, 2.24) is 10.3 Å². The number of ether oxygens (including phenoxy) is 1. The van der Waals surface area contributed by atoms with Gasteiger partial charge in [0.15, 0.2) is 0 Å². The number of aryl methyl sites for hydroxylation is 1. The van der Waals surface area contributed by atoms with Gasteiger partial charge in [0.25, 0.3) is 0 Å². The average Bonchev–Trinajstić information content (AvgIpc) is 2.30. The maximum absolute atomic E-state index is 5.60. The third-order valence-corrected chi connectivity index (χ3v) is 2.45. The summed E-state index contributed by atoms with van der Waals surface area (Å²) in [6.07, 6.45) is 4.03. The molecule has 0 aliphatic heterocycles. The van der Waals surface area contributed by atoms with Crippen molar-refractivity contribution in [3.63, 3.8) is 0 Å². The molecule has 0 saturated heterocycles. The van der Waals surface area contributed by atoms with E-state index >= 15 is 0 Å². The van der Waals surface area contributed by atoms with E-state index in [1.807, 2.05) is 19.1 Å². The van der Waals surface area contributed by atoms with Gasteiger partial charge in [-0.25, -0.2) is 0 Å². The molecule has 1 aromatic rings. The number of hydrogen-bond donors (Lipinski definition) is 1. The number of nitrogens with one attached hydrogen (secondary N) is 1. The Labute approximate surface area is 105 Å². The normalized spacial score (nSPS) is 10.8. The predicted molar refractivity (Wildman–Crippen MR) is 71.4 cm³/mol. The van der Waals surface area contributed by atoms with Gasteiger partial charge in [0, 0.05) is 5.69 Å². The van der Waals surface area contributed by atoms with Crippen molar-refractivity contribution in [3.05, 3.63) is 24.0 Å².